The number of rotatable bonds is 9. The summed E-state index contributed by atoms with van der Waals surface area (Å²) in [6.45, 7) is 0.931. The zero-order valence-electron chi connectivity index (χ0n) is 21.4. The van der Waals surface area contributed by atoms with E-state index in [2.05, 4.69) is 15.3 Å². The molecule has 2 aromatic carbocycles. The number of nitrogens with one attached hydrogen (secondary N) is 1. The first-order valence-corrected chi connectivity index (χ1v) is 11.3. The number of likely N-dealkylation sites (N-methyl/N-ethyl adjacent to an activating group) is 1. The van der Waals surface area contributed by atoms with Gasteiger partial charge >= 0.3 is 24.3 Å². The maximum absolute atomic E-state index is 12.9. The van der Waals surface area contributed by atoms with Crippen LogP contribution in [-0.4, -0.2) is 60.2 Å². The molecule has 40 heavy (non-hydrogen) atoms. The molecule has 3 aromatic rings. The number of carboxylic acids is 1. The van der Waals surface area contributed by atoms with Gasteiger partial charge in [-0.1, -0.05) is 0 Å². The van der Waals surface area contributed by atoms with E-state index in [1.54, 1.807) is 0 Å². The summed E-state index contributed by atoms with van der Waals surface area (Å²) >= 11 is 0. The van der Waals surface area contributed by atoms with E-state index in [0.717, 1.165) is 6.20 Å². The molecule has 3 rings (SSSR count). The lowest BCUT2D eigenvalue weighted by atomic mass is 10.0. The van der Waals surface area contributed by atoms with Gasteiger partial charge in [0.05, 0.1) is 17.3 Å². The number of aromatic nitrogens is 2. The van der Waals surface area contributed by atoms with Crippen LogP contribution in [0.4, 0.5) is 30.7 Å². The van der Waals surface area contributed by atoms with Gasteiger partial charge in [-0.2, -0.15) is 31.3 Å². The lowest BCUT2D eigenvalue weighted by molar-refractivity contribution is -0.143. The Hall–Kier alpha value is -3.98. The van der Waals surface area contributed by atoms with Crippen molar-refractivity contribution in [3.63, 3.8) is 0 Å². The summed E-state index contributed by atoms with van der Waals surface area (Å²) in [4.78, 5) is 20.9. The Balaban J connectivity index is 0.000000294. The summed E-state index contributed by atoms with van der Waals surface area (Å²) in [6.07, 6.45) is -8.47. The van der Waals surface area contributed by atoms with E-state index in [9.17, 15) is 35.5 Å². The molecule has 0 unspecified atom stereocenters. The first-order chi connectivity index (χ1) is 18.6. The van der Waals surface area contributed by atoms with Gasteiger partial charge in [0.25, 0.3) is 0 Å². The maximum atomic E-state index is 12.9. The second-order valence-electron chi connectivity index (χ2n) is 8.33. The smallest absolute Gasteiger partial charge is 0.416 e. The van der Waals surface area contributed by atoms with Gasteiger partial charge in [-0.3, -0.25) is 0 Å². The van der Waals surface area contributed by atoms with E-state index in [1.165, 1.54) is 31.3 Å². The lowest BCUT2D eigenvalue weighted by Gasteiger charge is -2.13. The molecule has 0 aliphatic heterocycles. The highest BCUT2D eigenvalue weighted by atomic mass is 19.4. The third kappa shape index (κ3) is 10.3. The van der Waals surface area contributed by atoms with Crippen LogP contribution in [0.2, 0.25) is 0 Å². The van der Waals surface area contributed by atoms with Crippen LogP contribution in [0.15, 0.2) is 48.7 Å². The second kappa shape index (κ2) is 13.9. The first kappa shape index (κ1) is 32.2. The van der Waals surface area contributed by atoms with Crippen LogP contribution in [0.5, 0.6) is 17.6 Å². The lowest BCUT2D eigenvalue weighted by Crippen LogP contribution is -2.20. The number of benzene rings is 2. The van der Waals surface area contributed by atoms with Crippen LogP contribution in [0.1, 0.15) is 27.0 Å². The molecular formula is C25H25F7N4O4. The number of aromatic carboxylic acids is 1. The SMILES string of the molecule is CN(C)CCOc1ncc(C(=O)O)c(Oc2ccc(F)cc2)n1.CNCc1cc(C(F)(F)F)cc(C(F)(F)F)c1. The monoisotopic (exact) mass is 578 g/mol. The summed E-state index contributed by atoms with van der Waals surface area (Å²) in [7, 11) is 5.22. The zero-order chi connectivity index (χ0) is 30.1. The minimum absolute atomic E-state index is 0.00830. The first-order valence-electron chi connectivity index (χ1n) is 11.3. The minimum Gasteiger partial charge on any atom is -0.477 e. The summed E-state index contributed by atoms with van der Waals surface area (Å²) in [5, 5.41) is 11.7. The molecule has 0 radical (unpaired) electrons. The van der Waals surface area contributed by atoms with Gasteiger partial charge in [-0.15, -0.1) is 0 Å². The Morgan fingerprint density at radius 1 is 1.00 bits per heavy atom. The van der Waals surface area contributed by atoms with Gasteiger partial charge < -0.3 is 24.8 Å². The fourth-order valence-corrected chi connectivity index (χ4v) is 2.90. The standard InChI is InChI=1S/C15H16FN3O4.C10H9F6N/c1-19(2)7-8-22-15-17-9-12(14(20)21)13(18-15)23-11-5-3-10(16)4-6-11;1-17-5-6-2-7(9(11,12)13)4-8(3-6)10(14,15)16/h3-6,9H,7-8H2,1-2H3,(H,20,21);2-4,17H,5H2,1H3. The van der Waals surface area contributed by atoms with E-state index in [4.69, 9.17) is 14.6 Å². The molecule has 0 saturated heterocycles. The highest BCUT2D eigenvalue weighted by Crippen LogP contribution is 2.36. The van der Waals surface area contributed by atoms with E-state index < -0.39 is 35.3 Å². The second-order valence-corrected chi connectivity index (χ2v) is 8.33. The topological polar surface area (TPSA) is 96.8 Å². The van der Waals surface area contributed by atoms with Crippen molar-refractivity contribution >= 4 is 5.97 Å². The summed E-state index contributed by atoms with van der Waals surface area (Å²) in [5.74, 6) is -1.57. The van der Waals surface area contributed by atoms with Crippen LogP contribution in [0.25, 0.3) is 0 Å². The normalized spacial score (nSPS) is 11.6. The number of nitrogens with zero attached hydrogens (tertiary/aromatic N) is 3. The third-order valence-corrected chi connectivity index (χ3v) is 4.79. The van der Waals surface area contributed by atoms with E-state index >= 15 is 0 Å². The fourth-order valence-electron chi connectivity index (χ4n) is 2.90. The third-order valence-electron chi connectivity index (χ3n) is 4.79. The van der Waals surface area contributed by atoms with Crippen molar-refractivity contribution in [1.29, 1.82) is 0 Å². The van der Waals surface area contributed by atoms with Gasteiger partial charge in [0.1, 0.15) is 23.7 Å². The quantitative estimate of drug-likeness (QED) is 0.322. The number of halogens is 7. The predicted molar refractivity (Wildman–Crippen MR) is 129 cm³/mol. The Bertz CT molecular complexity index is 1240. The number of carboxylic acid groups (broad SMARTS) is 1. The summed E-state index contributed by atoms with van der Waals surface area (Å²) < 4.78 is 98.0. The zero-order valence-corrected chi connectivity index (χ0v) is 21.4. The molecule has 0 spiro atoms. The van der Waals surface area contributed by atoms with Crippen molar-refractivity contribution in [2.45, 2.75) is 18.9 Å². The molecule has 0 fully saturated rings. The summed E-state index contributed by atoms with van der Waals surface area (Å²) in [6, 6.07) is 6.66. The van der Waals surface area contributed by atoms with Crippen LogP contribution in [-0.2, 0) is 18.9 Å². The molecule has 0 bridgehead atoms. The minimum atomic E-state index is -4.79. The number of hydrogen-bond acceptors (Lipinski definition) is 7. The molecule has 0 atom stereocenters. The van der Waals surface area contributed by atoms with Crippen LogP contribution >= 0.6 is 0 Å². The number of ether oxygens (including phenoxy) is 2. The van der Waals surface area contributed by atoms with Crippen molar-refractivity contribution in [3.05, 3.63) is 76.7 Å². The van der Waals surface area contributed by atoms with Crippen LogP contribution < -0.4 is 14.8 Å². The average Bonchev–Trinajstić information content (AvgIpc) is 2.84. The highest BCUT2D eigenvalue weighted by Gasteiger charge is 2.36. The predicted octanol–water partition coefficient (Wildman–Crippen LogP) is 5.49. The van der Waals surface area contributed by atoms with E-state index in [-0.39, 0.29) is 41.4 Å². The Labute approximate surface area is 224 Å². The molecule has 0 aliphatic rings. The largest absolute Gasteiger partial charge is 0.477 e. The van der Waals surface area contributed by atoms with Gasteiger partial charge in [-0.25, -0.2) is 14.2 Å². The van der Waals surface area contributed by atoms with Crippen molar-refractivity contribution in [2.24, 2.45) is 0 Å². The molecule has 1 aromatic heterocycles. The summed E-state index contributed by atoms with van der Waals surface area (Å²) in [5.41, 5.74) is -2.86. The molecule has 15 heteroatoms. The van der Waals surface area contributed by atoms with Crippen LogP contribution in [0.3, 0.4) is 0 Å². The van der Waals surface area contributed by atoms with Crippen LogP contribution in [0, 0.1) is 5.82 Å². The molecule has 1 heterocycles. The van der Waals surface area contributed by atoms with Gasteiger partial charge in [0.2, 0.25) is 5.88 Å². The van der Waals surface area contributed by atoms with Gasteiger partial charge in [0.15, 0.2) is 0 Å². The Kier molecular flexibility index (Phi) is 11.2. The molecule has 8 nitrogen and oxygen atoms in total. The number of alkyl halides is 6. The number of carbonyl (C=O) groups is 1. The van der Waals surface area contributed by atoms with E-state index in [0.29, 0.717) is 25.3 Å². The number of hydrogen-bond donors (Lipinski definition) is 2. The van der Waals surface area contributed by atoms with Crippen molar-refractivity contribution in [3.8, 4) is 17.6 Å². The molecule has 0 saturated carbocycles. The molecule has 0 aliphatic carbocycles. The highest BCUT2D eigenvalue weighted by molar-refractivity contribution is 5.89. The van der Waals surface area contributed by atoms with Crippen molar-refractivity contribution < 1.29 is 50.1 Å². The van der Waals surface area contributed by atoms with E-state index in [1.807, 2.05) is 19.0 Å². The van der Waals surface area contributed by atoms with Crippen molar-refractivity contribution in [1.82, 2.24) is 20.2 Å². The molecular weight excluding hydrogens is 553 g/mol. The molecule has 0 amide bonds. The Morgan fingerprint density at radius 2 is 1.57 bits per heavy atom. The van der Waals surface area contributed by atoms with Crippen molar-refractivity contribution in [2.75, 3.05) is 34.3 Å². The maximum Gasteiger partial charge on any atom is 0.416 e. The van der Waals surface area contributed by atoms with Gasteiger partial charge in [-0.05, 0) is 69.2 Å². The Morgan fingerprint density at radius 3 is 2.05 bits per heavy atom. The molecule has 2 N–H and O–H groups in total. The van der Waals surface area contributed by atoms with Gasteiger partial charge in [0, 0.05) is 13.1 Å². The average molecular weight is 578 g/mol. The molecule has 218 valence electrons. The fraction of sp³-hybridized carbons (Fsp3) is 0.320.